The van der Waals surface area contributed by atoms with Crippen molar-refractivity contribution in [1.82, 2.24) is 10.3 Å². The molecule has 106 valence electrons. The van der Waals surface area contributed by atoms with E-state index in [1.54, 1.807) is 11.3 Å². The monoisotopic (exact) mass is 286 g/mol. The molecule has 0 saturated heterocycles. The molecule has 1 aromatic carbocycles. The molecule has 1 aromatic heterocycles. The average Bonchev–Trinajstić information content (AvgIpc) is 2.92. The van der Waals surface area contributed by atoms with E-state index < -0.39 is 0 Å². The molecule has 0 aliphatic heterocycles. The zero-order valence-corrected chi connectivity index (χ0v) is 12.8. The van der Waals surface area contributed by atoms with Gasteiger partial charge in [0.2, 0.25) is 0 Å². The summed E-state index contributed by atoms with van der Waals surface area (Å²) in [6.07, 6.45) is 6.88. The summed E-state index contributed by atoms with van der Waals surface area (Å²) in [5, 5.41) is 7.05. The molecule has 1 aliphatic carbocycles. The highest BCUT2D eigenvalue weighted by Gasteiger charge is 2.45. The zero-order valence-electron chi connectivity index (χ0n) is 12.0. The van der Waals surface area contributed by atoms with E-state index in [0.717, 1.165) is 13.0 Å². The first-order valence-electron chi connectivity index (χ1n) is 7.52. The molecule has 1 N–H and O–H groups in total. The Hall–Kier alpha value is -1.19. The third-order valence-corrected chi connectivity index (χ3v) is 5.38. The van der Waals surface area contributed by atoms with E-state index in [1.807, 2.05) is 6.20 Å². The van der Waals surface area contributed by atoms with Crippen molar-refractivity contribution in [2.24, 2.45) is 0 Å². The Morgan fingerprint density at radius 3 is 2.65 bits per heavy atom. The molecule has 0 amide bonds. The minimum absolute atomic E-state index is 0.308. The Labute approximate surface area is 125 Å². The molecule has 1 aliphatic rings. The Balaban J connectivity index is 1.88. The van der Waals surface area contributed by atoms with E-state index in [4.69, 9.17) is 0 Å². The van der Waals surface area contributed by atoms with Crippen LogP contribution in [0.3, 0.4) is 0 Å². The number of thiazole rings is 1. The molecule has 2 aromatic rings. The standard InChI is InChI=1S/C17H22N2S/c1-2-18-15(13-16-19-11-12-20-16)17(9-6-10-17)14-7-4-3-5-8-14/h3-5,7-8,11-12,15,18H,2,6,9-10,13H2,1H3. The van der Waals surface area contributed by atoms with E-state index in [-0.39, 0.29) is 0 Å². The quantitative estimate of drug-likeness (QED) is 0.874. The maximum absolute atomic E-state index is 4.48. The first-order valence-corrected chi connectivity index (χ1v) is 8.40. The van der Waals surface area contributed by atoms with Gasteiger partial charge in [0, 0.05) is 29.5 Å². The van der Waals surface area contributed by atoms with Crippen LogP contribution < -0.4 is 5.32 Å². The van der Waals surface area contributed by atoms with Crippen LogP contribution in [0, 0.1) is 0 Å². The highest BCUT2D eigenvalue weighted by molar-refractivity contribution is 7.09. The van der Waals surface area contributed by atoms with Crippen LogP contribution in [0.2, 0.25) is 0 Å². The molecule has 0 bridgehead atoms. The van der Waals surface area contributed by atoms with Gasteiger partial charge in [-0.1, -0.05) is 43.7 Å². The molecule has 3 rings (SSSR count). The summed E-state index contributed by atoms with van der Waals surface area (Å²) in [5.41, 5.74) is 1.80. The molecule has 1 fully saturated rings. The van der Waals surface area contributed by atoms with Gasteiger partial charge in [0.05, 0.1) is 5.01 Å². The van der Waals surface area contributed by atoms with Gasteiger partial charge in [-0.2, -0.15) is 0 Å². The molecule has 3 heteroatoms. The minimum atomic E-state index is 0.308. The van der Waals surface area contributed by atoms with Crippen LogP contribution in [-0.2, 0) is 11.8 Å². The van der Waals surface area contributed by atoms with E-state index in [0.29, 0.717) is 11.5 Å². The van der Waals surface area contributed by atoms with Crippen LogP contribution in [0.5, 0.6) is 0 Å². The summed E-state index contributed by atoms with van der Waals surface area (Å²) >= 11 is 1.77. The van der Waals surface area contributed by atoms with Crippen molar-refractivity contribution < 1.29 is 0 Å². The normalized spacial score (nSPS) is 18.4. The topological polar surface area (TPSA) is 24.9 Å². The zero-order chi connectivity index (χ0) is 13.8. The fraction of sp³-hybridized carbons (Fsp3) is 0.471. The maximum Gasteiger partial charge on any atom is 0.0940 e. The number of benzene rings is 1. The van der Waals surface area contributed by atoms with Crippen LogP contribution in [0.25, 0.3) is 0 Å². The van der Waals surface area contributed by atoms with Gasteiger partial charge in [0.25, 0.3) is 0 Å². The van der Waals surface area contributed by atoms with Gasteiger partial charge < -0.3 is 5.32 Å². The summed E-state index contributed by atoms with van der Waals surface area (Å²) in [7, 11) is 0. The van der Waals surface area contributed by atoms with E-state index >= 15 is 0 Å². The highest BCUT2D eigenvalue weighted by atomic mass is 32.1. The largest absolute Gasteiger partial charge is 0.313 e. The molecule has 20 heavy (non-hydrogen) atoms. The average molecular weight is 286 g/mol. The number of rotatable bonds is 6. The number of hydrogen-bond acceptors (Lipinski definition) is 3. The van der Waals surface area contributed by atoms with Crippen molar-refractivity contribution in [3.05, 3.63) is 52.5 Å². The lowest BCUT2D eigenvalue weighted by atomic mass is 9.59. The summed E-state index contributed by atoms with van der Waals surface area (Å²) in [6.45, 7) is 3.22. The Morgan fingerprint density at radius 2 is 2.10 bits per heavy atom. The fourth-order valence-electron chi connectivity index (χ4n) is 3.40. The summed E-state index contributed by atoms with van der Waals surface area (Å²) in [4.78, 5) is 4.48. The van der Waals surface area contributed by atoms with Crippen molar-refractivity contribution in [1.29, 1.82) is 0 Å². The van der Waals surface area contributed by atoms with Gasteiger partial charge >= 0.3 is 0 Å². The second kappa shape index (κ2) is 6.06. The van der Waals surface area contributed by atoms with Crippen molar-refractivity contribution in [3.8, 4) is 0 Å². The van der Waals surface area contributed by atoms with Gasteiger partial charge in [0.1, 0.15) is 0 Å². The molecular formula is C17H22N2S. The van der Waals surface area contributed by atoms with Gasteiger partial charge in [-0.3, -0.25) is 0 Å². The molecular weight excluding hydrogens is 264 g/mol. The number of nitrogens with one attached hydrogen (secondary N) is 1. The van der Waals surface area contributed by atoms with Gasteiger partial charge in [-0.15, -0.1) is 11.3 Å². The Kier molecular flexibility index (Phi) is 4.18. The maximum atomic E-state index is 4.48. The highest BCUT2D eigenvalue weighted by Crippen LogP contribution is 2.47. The fourth-order valence-corrected chi connectivity index (χ4v) is 4.07. The summed E-state index contributed by atoms with van der Waals surface area (Å²) in [5.74, 6) is 0. The third kappa shape index (κ3) is 2.52. The van der Waals surface area contributed by atoms with Crippen molar-refractivity contribution in [2.45, 2.75) is 44.1 Å². The second-order valence-electron chi connectivity index (χ2n) is 5.62. The molecule has 0 radical (unpaired) electrons. The van der Waals surface area contributed by atoms with Crippen molar-refractivity contribution in [2.75, 3.05) is 6.54 Å². The first kappa shape index (κ1) is 13.8. The molecule has 1 saturated carbocycles. The lowest BCUT2D eigenvalue weighted by Gasteiger charge is -2.48. The number of hydrogen-bond donors (Lipinski definition) is 1. The van der Waals surface area contributed by atoms with Gasteiger partial charge in [0.15, 0.2) is 0 Å². The molecule has 1 atom stereocenters. The SMILES string of the molecule is CCNC(Cc1nccs1)C1(c2ccccc2)CCC1. The van der Waals surface area contributed by atoms with Gasteiger partial charge in [-0.25, -0.2) is 4.98 Å². The summed E-state index contributed by atoms with van der Waals surface area (Å²) < 4.78 is 0. The van der Waals surface area contributed by atoms with E-state index in [1.165, 1.54) is 29.8 Å². The minimum Gasteiger partial charge on any atom is -0.313 e. The van der Waals surface area contributed by atoms with Gasteiger partial charge in [-0.05, 0) is 24.9 Å². The predicted octanol–water partition coefficient (Wildman–Crippen LogP) is 3.79. The van der Waals surface area contributed by atoms with Crippen molar-refractivity contribution >= 4 is 11.3 Å². The summed E-state index contributed by atoms with van der Waals surface area (Å²) in [6, 6.07) is 11.5. The number of aromatic nitrogens is 1. The number of nitrogens with zero attached hydrogens (tertiary/aromatic N) is 1. The Bertz CT molecular complexity index is 517. The third-order valence-electron chi connectivity index (χ3n) is 4.57. The van der Waals surface area contributed by atoms with Crippen LogP contribution in [0.15, 0.2) is 41.9 Å². The molecule has 2 nitrogen and oxygen atoms in total. The number of likely N-dealkylation sites (N-methyl/N-ethyl adjacent to an activating group) is 1. The molecule has 0 spiro atoms. The van der Waals surface area contributed by atoms with Crippen LogP contribution in [0.4, 0.5) is 0 Å². The van der Waals surface area contributed by atoms with Crippen molar-refractivity contribution in [3.63, 3.8) is 0 Å². The molecule has 1 unspecified atom stereocenters. The lowest BCUT2D eigenvalue weighted by Crippen LogP contribution is -2.53. The van der Waals surface area contributed by atoms with Crippen LogP contribution >= 0.6 is 11.3 Å². The lowest BCUT2D eigenvalue weighted by molar-refractivity contribution is 0.169. The second-order valence-corrected chi connectivity index (χ2v) is 6.60. The Morgan fingerprint density at radius 1 is 1.30 bits per heavy atom. The van der Waals surface area contributed by atoms with Crippen LogP contribution in [-0.4, -0.2) is 17.6 Å². The van der Waals surface area contributed by atoms with E-state index in [2.05, 4.69) is 52.9 Å². The smallest absolute Gasteiger partial charge is 0.0940 e. The van der Waals surface area contributed by atoms with Crippen LogP contribution in [0.1, 0.15) is 36.8 Å². The van der Waals surface area contributed by atoms with E-state index in [9.17, 15) is 0 Å². The predicted molar refractivity (Wildman–Crippen MR) is 85.3 cm³/mol. The molecule has 1 heterocycles. The first-order chi connectivity index (χ1) is 9.85.